The number of carbonyl (C=O) groups is 1. The molecule has 0 aliphatic rings. The van der Waals surface area contributed by atoms with Crippen molar-refractivity contribution in [1.29, 1.82) is 0 Å². The maximum Gasteiger partial charge on any atom is 0.250 e. The molecule has 5 N–H and O–H groups in total. The predicted molar refractivity (Wildman–Crippen MR) is 123 cm³/mol. The number of nitrogens with two attached hydrogens (primary N) is 1. The number of anilines is 4. The van der Waals surface area contributed by atoms with Crippen molar-refractivity contribution < 1.29 is 13.6 Å². The number of carbonyl (C=O) groups excluding carboxylic acids is 1. The number of nitrogen functional groups attached to an aromatic ring is 1. The summed E-state index contributed by atoms with van der Waals surface area (Å²) in [6, 6.07) is 22.0. The minimum Gasteiger partial charge on any atom is -0.393 e. The summed E-state index contributed by atoms with van der Waals surface area (Å²) in [6.07, 6.45) is 1.22. The van der Waals surface area contributed by atoms with Crippen molar-refractivity contribution in [3.05, 3.63) is 108 Å². The topological polar surface area (TPSA) is 105 Å². The van der Waals surface area contributed by atoms with E-state index in [1.807, 2.05) is 60.7 Å². The molecule has 0 bridgehead atoms. The van der Waals surface area contributed by atoms with Crippen LogP contribution in [0.25, 0.3) is 0 Å². The Kier molecular flexibility index (Phi) is 6.40. The number of nitrogens with one attached hydrogen (secondary N) is 3. The summed E-state index contributed by atoms with van der Waals surface area (Å²) in [5.74, 6) is -2.55. The van der Waals surface area contributed by atoms with Crippen LogP contribution in [0.1, 0.15) is 17.0 Å². The summed E-state index contributed by atoms with van der Waals surface area (Å²) in [7, 11) is 0. The minimum absolute atomic E-state index is 0.0819. The van der Waals surface area contributed by atoms with E-state index < -0.39 is 17.6 Å². The molecule has 0 radical (unpaired) electrons. The molecule has 0 spiro atoms. The first-order valence-corrected chi connectivity index (χ1v) is 10.0. The standard InChI is InChI=1S/C24H20F2N6O/c25-18-12-11-17(13-19(18)26)30-22-21(27)23(29-14-28-22)31-32-24(33)20(15-7-3-1-4-8-15)16-9-5-2-6-10-16/h1-14,20H,27H2,(H,32,33)(H2,28,29,30,31). The molecule has 0 saturated carbocycles. The molecule has 1 aromatic heterocycles. The average Bonchev–Trinajstić information content (AvgIpc) is 2.83. The molecule has 7 nitrogen and oxygen atoms in total. The molecular weight excluding hydrogens is 426 g/mol. The zero-order valence-electron chi connectivity index (χ0n) is 17.3. The van der Waals surface area contributed by atoms with Gasteiger partial charge in [0, 0.05) is 11.8 Å². The fraction of sp³-hybridized carbons (Fsp3) is 0.0417. The van der Waals surface area contributed by atoms with Gasteiger partial charge in [0.2, 0.25) is 5.91 Å². The summed E-state index contributed by atoms with van der Waals surface area (Å²) in [5, 5.41) is 2.81. The van der Waals surface area contributed by atoms with Gasteiger partial charge in [0.25, 0.3) is 0 Å². The number of nitrogens with zero attached hydrogens (tertiary/aromatic N) is 2. The molecule has 0 aliphatic heterocycles. The number of amides is 1. The summed E-state index contributed by atoms with van der Waals surface area (Å²) in [6.45, 7) is 0. The Hall–Kier alpha value is -4.53. The number of hydrazine groups is 1. The highest BCUT2D eigenvalue weighted by molar-refractivity contribution is 5.89. The quantitative estimate of drug-likeness (QED) is 0.315. The second kappa shape index (κ2) is 9.73. The van der Waals surface area contributed by atoms with Crippen LogP contribution in [0.4, 0.5) is 31.8 Å². The smallest absolute Gasteiger partial charge is 0.250 e. The third-order valence-electron chi connectivity index (χ3n) is 4.90. The molecule has 9 heteroatoms. The second-order valence-electron chi connectivity index (χ2n) is 7.11. The Morgan fingerprint density at radius 1 is 0.818 bits per heavy atom. The van der Waals surface area contributed by atoms with Crippen LogP contribution in [0.3, 0.4) is 0 Å². The first-order valence-electron chi connectivity index (χ1n) is 10.0. The molecule has 0 fully saturated rings. The van der Waals surface area contributed by atoms with E-state index in [4.69, 9.17) is 5.73 Å². The van der Waals surface area contributed by atoms with Crippen LogP contribution in [0, 0.1) is 11.6 Å². The molecule has 4 aromatic rings. The maximum atomic E-state index is 13.5. The first-order chi connectivity index (χ1) is 16.0. The highest BCUT2D eigenvalue weighted by Gasteiger charge is 2.23. The molecule has 0 atom stereocenters. The van der Waals surface area contributed by atoms with Crippen LogP contribution < -0.4 is 21.9 Å². The zero-order chi connectivity index (χ0) is 23.2. The number of hydrogen-bond acceptors (Lipinski definition) is 6. The van der Waals surface area contributed by atoms with E-state index in [2.05, 4.69) is 26.1 Å². The Labute approximate surface area is 188 Å². The van der Waals surface area contributed by atoms with Crippen molar-refractivity contribution in [2.45, 2.75) is 5.92 Å². The van der Waals surface area contributed by atoms with E-state index in [1.54, 1.807) is 0 Å². The SMILES string of the molecule is Nc1c(NNC(=O)C(c2ccccc2)c2ccccc2)ncnc1Nc1ccc(F)c(F)c1. The minimum atomic E-state index is -1.01. The monoisotopic (exact) mass is 446 g/mol. The van der Waals surface area contributed by atoms with Gasteiger partial charge in [-0.1, -0.05) is 60.7 Å². The first kappa shape index (κ1) is 21.7. The van der Waals surface area contributed by atoms with Gasteiger partial charge in [0.05, 0.1) is 5.92 Å². The van der Waals surface area contributed by atoms with Gasteiger partial charge in [-0.25, -0.2) is 18.7 Å². The Morgan fingerprint density at radius 3 is 2.03 bits per heavy atom. The van der Waals surface area contributed by atoms with E-state index >= 15 is 0 Å². The lowest BCUT2D eigenvalue weighted by molar-refractivity contribution is -0.121. The van der Waals surface area contributed by atoms with Crippen LogP contribution in [-0.2, 0) is 4.79 Å². The van der Waals surface area contributed by atoms with Crippen molar-refractivity contribution in [2.75, 3.05) is 16.5 Å². The van der Waals surface area contributed by atoms with Crippen molar-refractivity contribution in [3.8, 4) is 0 Å². The van der Waals surface area contributed by atoms with Crippen molar-refractivity contribution in [2.24, 2.45) is 0 Å². The number of benzene rings is 3. The van der Waals surface area contributed by atoms with Gasteiger partial charge in [-0.05, 0) is 23.3 Å². The Morgan fingerprint density at radius 2 is 1.42 bits per heavy atom. The lowest BCUT2D eigenvalue weighted by Crippen LogP contribution is -2.35. The molecule has 33 heavy (non-hydrogen) atoms. The number of aromatic nitrogens is 2. The molecule has 166 valence electrons. The number of hydrogen-bond donors (Lipinski definition) is 4. The Balaban J connectivity index is 1.52. The molecule has 1 amide bonds. The van der Waals surface area contributed by atoms with Crippen LogP contribution in [-0.4, -0.2) is 15.9 Å². The number of rotatable bonds is 7. The van der Waals surface area contributed by atoms with Crippen molar-refractivity contribution in [3.63, 3.8) is 0 Å². The van der Waals surface area contributed by atoms with E-state index in [0.717, 1.165) is 23.3 Å². The predicted octanol–water partition coefficient (Wildman–Crippen LogP) is 4.36. The lowest BCUT2D eigenvalue weighted by Gasteiger charge is -2.19. The van der Waals surface area contributed by atoms with Crippen LogP contribution >= 0.6 is 0 Å². The highest BCUT2D eigenvalue weighted by atomic mass is 19.2. The molecule has 1 heterocycles. The summed E-state index contributed by atoms with van der Waals surface area (Å²) in [4.78, 5) is 21.2. The zero-order valence-corrected chi connectivity index (χ0v) is 17.3. The van der Waals surface area contributed by atoms with E-state index in [9.17, 15) is 13.6 Å². The van der Waals surface area contributed by atoms with E-state index in [-0.39, 0.29) is 28.9 Å². The van der Waals surface area contributed by atoms with Crippen LogP contribution in [0.5, 0.6) is 0 Å². The average molecular weight is 446 g/mol. The van der Waals surface area contributed by atoms with Gasteiger partial charge in [-0.3, -0.25) is 15.6 Å². The van der Waals surface area contributed by atoms with Gasteiger partial charge in [-0.15, -0.1) is 0 Å². The van der Waals surface area contributed by atoms with Crippen LogP contribution in [0.15, 0.2) is 85.2 Å². The van der Waals surface area contributed by atoms with Crippen molar-refractivity contribution in [1.82, 2.24) is 15.4 Å². The van der Waals surface area contributed by atoms with Gasteiger partial charge in [0.15, 0.2) is 23.3 Å². The normalized spacial score (nSPS) is 10.6. The molecular formula is C24H20F2N6O. The van der Waals surface area contributed by atoms with Gasteiger partial charge < -0.3 is 11.1 Å². The third kappa shape index (κ3) is 5.04. The van der Waals surface area contributed by atoms with Crippen molar-refractivity contribution >= 4 is 28.9 Å². The highest BCUT2D eigenvalue weighted by Crippen LogP contribution is 2.27. The summed E-state index contributed by atoms with van der Waals surface area (Å²) < 4.78 is 26.7. The lowest BCUT2D eigenvalue weighted by atomic mass is 9.91. The largest absolute Gasteiger partial charge is 0.393 e. The van der Waals surface area contributed by atoms with Crippen LogP contribution in [0.2, 0.25) is 0 Å². The molecule has 3 aromatic carbocycles. The fourth-order valence-corrected chi connectivity index (χ4v) is 3.28. The van der Waals surface area contributed by atoms with E-state index in [1.165, 1.54) is 12.4 Å². The van der Waals surface area contributed by atoms with Gasteiger partial charge in [-0.2, -0.15) is 0 Å². The Bertz CT molecular complexity index is 1220. The second-order valence-corrected chi connectivity index (χ2v) is 7.11. The third-order valence-corrected chi connectivity index (χ3v) is 4.90. The van der Waals surface area contributed by atoms with Gasteiger partial charge in [0.1, 0.15) is 12.0 Å². The molecule has 0 saturated heterocycles. The van der Waals surface area contributed by atoms with Gasteiger partial charge >= 0.3 is 0 Å². The molecule has 4 rings (SSSR count). The number of halogens is 2. The summed E-state index contributed by atoms with van der Waals surface area (Å²) in [5.41, 5.74) is 13.5. The summed E-state index contributed by atoms with van der Waals surface area (Å²) >= 11 is 0. The molecule has 0 aliphatic carbocycles. The van der Waals surface area contributed by atoms with E-state index in [0.29, 0.717) is 0 Å². The fourth-order valence-electron chi connectivity index (χ4n) is 3.28. The maximum absolute atomic E-state index is 13.5. The molecule has 0 unspecified atom stereocenters.